The van der Waals surface area contributed by atoms with E-state index < -0.39 is 4.92 Å². The monoisotopic (exact) mass is 209 g/mol. The predicted molar refractivity (Wildman–Crippen MR) is 49.5 cm³/mol. The summed E-state index contributed by atoms with van der Waals surface area (Å²) in [4.78, 5) is 20.8. The van der Waals surface area contributed by atoms with Crippen molar-refractivity contribution in [2.45, 2.75) is 0 Å². The van der Waals surface area contributed by atoms with Crippen LogP contribution < -0.4 is 9.47 Å². The minimum absolute atomic E-state index is 0.0720. The molecule has 0 aliphatic carbocycles. The molecule has 1 aromatic rings. The molecule has 0 N–H and O–H groups in total. The smallest absolute Gasteiger partial charge is 0.283 e. The summed E-state index contributed by atoms with van der Waals surface area (Å²) in [6.45, 7) is 0.665. The molecule has 2 rings (SSSR count). The Morgan fingerprint density at radius 3 is 2.73 bits per heavy atom. The number of fused-ring (bicyclic) bond motifs is 1. The number of hydrogen-bond donors (Lipinski definition) is 0. The summed E-state index contributed by atoms with van der Waals surface area (Å²) in [5.74, 6) is 0.527. The van der Waals surface area contributed by atoms with E-state index in [-0.39, 0.29) is 23.6 Å². The molecule has 1 heterocycles. The fourth-order valence-electron chi connectivity index (χ4n) is 1.40. The van der Waals surface area contributed by atoms with Gasteiger partial charge in [-0.3, -0.25) is 14.9 Å². The zero-order valence-corrected chi connectivity index (χ0v) is 7.63. The molecule has 0 saturated carbocycles. The van der Waals surface area contributed by atoms with Crippen LogP contribution in [0.1, 0.15) is 10.4 Å². The summed E-state index contributed by atoms with van der Waals surface area (Å²) in [7, 11) is 0. The average Bonchev–Trinajstić information content (AvgIpc) is 2.27. The molecule has 1 aliphatic heterocycles. The average molecular weight is 209 g/mol. The van der Waals surface area contributed by atoms with E-state index in [4.69, 9.17) is 9.47 Å². The van der Waals surface area contributed by atoms with Gasteiger partial charge in [0.15, 0.2) is 17.8 Å². The zero-order chi connectivity index (χ0) is 10.8. The molecule has 0 unspecified atom stereocenters. The lowest BCUT2D eigenvalue weighted by Gasteiger charge is -2.19. The zero-order valence-electron chi connectivity index (χ0n) is 7.63. The van der Waals surface area contributed by atoms with Gasteiger partial charge in [-0.05, 0) is 6.07 Å². The normalized spacial score (nSPS) is 13.3. The molecule has 1 aliphatic rings. The number of nitro benzene ring substituents is 1. The van der Waals surface area contributed by atoms with Crippen LogP contribution in [0.4, 0.5) is 5.69 Å². The maximum absolute atomic E-state index is 10.8. The van der Waals surface area contributed by atoms with Crippen LogP contribution in [0.2, 0.25) is 0 Å². The van der Waals surface area contributed by atoms with Crippen LogP contribution in [0.5, 0.6) is 11.5 Å². The van der Waals surface area contributed by atoms with Crippen molar-refractivity contribution in [3.05, 3.63) is 27.8 Å². The summed E-state index contributed by atoms with van der Waals surface area (Å²) in [5.41, 5.74) is -0.341. The van der Waals surface area contributed by atoms with Crippen molar-refractivity contribution in [1.29, 1.82) is 0 Å². The lowest BCUT2D eigenvalue weighted by Crippen LogP contribution is -2.17. The molecule has 6 heteroatoms. The minimum atomic E-state index is -0.623. The molecule has 15 heavy (non-hydrogen) atoms. The number of ether oxygens (including phenoxy) is 2. The van der Waals surface area contributed by atoms with Gasteiger partial charge in [-0.1, -0.05) is 0 Å². The Bertz CT molecular complexity index is 429. The van der Waals surface area contributed by atoms with E-state index in [1.807, 2.05) is 0 Å². The third-order valence-electron chi connectivity index (χ3n) is 2.04. The third kappa shape index (κ3) is 1.50. The molecule has 6 nitrogen and oxygen atoms in total. The maximum atomic E-state index is 10.8. The number of rotatable bonds is 2. The van der Waals surface area contributed by atoms with E-state index >= 15 is 0 Å². The number of hydrogen-bond acceptors (Lipinski definition) is 5. The predicted octanol–water partition coefficient (Wildman–Crippen LogP) is 1.18. The van der Waals surface area contributed by atoms with Gasteiger partial charge in [-0.2, -0.15) is 0 Å². The van der Waals surface area contributed by atoms with Gasteiger partial charge in [0, 0.05) is 6.07 Å². The number of carbonyl (C=O) groups excluding carboxylic acids is 1. The van der Waals surface area contributed by atoms with Crippen molar-refractivity contribution in [3.8, 4) is 11.5 Å². The van der Waals surface area contributed by atoms with Gasteiger partial charge in [0.1, 0.15) is 18.8 Å². The van der Waals surface area contributed by atoms with Crippen molar-refractivity contribution in [3.63, 3.8) is 0 Å². The molecule has 0 amide bonds. The highest BCUT2D eigenvalue weighted by Crippen LogP contribution is 2.37. The lowest BCUT2D eigenvalue weighted by atomic mass is 10.1. The second-order valence-corrected chi connectivity index (χ2v) is 2.90. The Labute approximate surface area is 84.6 Å². The van der Waals surface area contributed by atoms with Gasteiger partial charge in [-0.25, -0.2) is 0 Å². The second-order valence-electron chi connectivity index (χ2n) is 2.90. The standard InChI is InChI=1S/C9H7NO5/c11-5-6-7(10(12)13)1-2-8-9(6)15-4-3-14-8/h1-2,5H,3-4H2. The molecule has 1 aromatic carbocycles. The largest absolute Gasteiger partial charge is 0.486 e. The number of carbonyl (C=O) groups is 1. The molecule has 78 valence electrons. The van der Waals surface area contributed by atoms with E-state index in [1.165, 1.54) is 12.1 Å². The Kier molecular flexibility index (Phi) is 2.24. The van der Waals surface area contributed by atoms with E-state index in [9.17, 15) is 14.9 Å². The minimum Gasteiger partial charge on any atom is -0.486 e. The van der Waals surface area contributed by atoms with Crippen LogP contribution in [0, 0.1) is 10.1 Å². The first kappa shape index (κ1) is 9.45. The SMILES string of the molecule is O=Cc1c([N+](=O)[O-])ccc2c1OCCO2. The van der Waals surface area contributed by atoms with Gasteiger partial charge in [-0.15, -0.1) is 0 Å². The Hall–Kier alpha value is -2.11. The molecule has 0 atom stereocenters. The van der Waals surface area contributed by atoms with Gasteiger partial charge < -0.3 is 9.47 Å². The lowest BCUT2D eigenvalue weighted by molar-refractivity contribution is -0.385. The molecular weight excluding hydrogens is 202 g/mol. The van der Waals surface area contributed by atoms with Crippen LogP contribution in [-0.4, -0.2) is 24.4 Å². The van der Waals surface area contributed by atoms with E-state index in [1.54, 1.807) is 0 Å². The number of nitro groups is 1. The molecule has 0 fully saturated rings. The summed E-state index contributed by atoms with van der Waals surface area (Å²) < 4.78 is 10.4. The van der Waals surface area contributed by atoms with Crippen LogP contribution in [0.3, 0.4) is 0 Å². The molecule has 0 radical (unpaired) electrons. The Morgan fingerprint density at radius 1 is 1.33 bits per heavy atom. The molecule has 0 spiro atoms. The topological polar surface area (TPSA) is 78.7 Å². The van der Waals surface area contributed by atoms with Crippen molar-refractivity contribution in [2.75, 3.05) is 13.2 Å². The van der Waals surface area contributed by atoms with Gasteiger partial charge >= 0.3 is 0 Å². The molecule has 0 saturated heterocycles. The first-order chi connectivity index (χ1) is 7.24. The second kappa shape index (κ2) is 3.56. The highest BCUT2D eigenvalue weighted by molar-refractivity contribution is 5.87. The van der Waals surface area contributed by atoms with Gasteiger partial charge in [0.2, 0.25) is 0 Å². The number of aldehydes is 1. The Balaban J connectivity index is 2.61. The van der Waals surface area contributed by atoms with Gasteiger partial charge in [0.05, 0.1) is 4.92 Å². The summed E-state index contributed by atoms with van der Waals surface area (Å²) in [6, 6.07) is 2.66. The van der Waals surface area contributed by atoms with Crippen LogP contribution >= 0.6 is 0 Å². The van der Waals surface area contributed by atoms with Crippen molar-refractivity contribution >= 4 is 12.0 Å². The quantitative estimate of drug-likeness (QED) is 0.415. The first-order valence-electron chi connectivity index (χ1n) is 4.26. The fraction of sp³-hybridized carbons (Fsp3) is 0.222. The summed E-state index contributed by atoms with van der Waals surface area (Å²) in [6.07, 6.45) is 0.408. The molecule has 0 bridgehead atoms. The molecular formula is C9H7NO5. The van der Waals surface area contributed by atoms with Crippen LogP contribution in [0.25, 0.3) is 0 Å². The van der Waals surface area contributed by atoms with Crippen LogP contribution in [0.15, 0.2) is 12.1 Å². The van der Waals surface area contributed by atoms with Crippen LogP contribution in [-0.2, 0) is 0 Å². The maximum Gasteiger partial charge on any atom is 0.283 e. The number of nitrogens with zero attached hydrogens (tertiary/aromatic N) is 1. The first-order valence-corrected chi connectivity index (χ1v) is 4.26. The summed E-state index contributed by atoms with van der Waals surface area (Å²) >= 11 is 0. The van der Waals surface area contributed by atoms with Crippen molar-refractivity contribution in [2.24, 2.45) is 0 Å². The van der Waals surface area contributed by atoms with E-state index in [0.29, 0.717) is 18.6 Å². The number of benzene rings is 1. The van der Waals surface area contributed by atoms with Gasteiger partial charge in [0.25, 0.3) is 5.69 Å². The Morgan fingerprint density at radius 2 is 2.07 bits per heavy atom. The van der Waals surface area contributed by atoms with E-state index in [2.05, 4.69) is 0 Å². The fourth-order valence-corrected chi connectivity index (χ4v) is 1.40. The van der Waals surface area contributed by atoms with Crippen molar-refractivity contribution in [1.82, 2.24) is 0 Å². The summed E-state index contributed by atoms with van der Waals surface area (Å²) in [5, 5.41) is 10.6. The highest BCUT2D eigenvalue weighted by Gasteiger charge is 2.24. The highest BCUT2D eigenvalue weighted by atomic mass is 16.6. The van der Waals surface area contributed by atoms with E-state index in [0.717, 1.165) is 0 Å². The molecule has 0 aromatic heterocycles. The third-order valence-corrected chi connectivity index (χ3v) is 2.04. The van der Waals surface area contributed by atoms with Crippen molar-refractivity contribution < 1.29 is 19.2 Å².